The fourth-order valence-corrected chi connectivity index (χ4v) is 2.57. The Balaban J connectivity index is 0.000000628. The summed E-state index contributed by atoms with van der Waals surface area (Å²) in [4.78, 5) is 1.87. The molecule has 1 unspecified atom stereocenters. The summed E-state index contributed by atoms with van der Waals surface area (Å²) < 4.78 is 0. The van der Waals surface area contributed by atoms with Gasteiger partial charge in [0, 0.05) is 30.6 Å². The van der Waals surface area contributed by atoms with Gasteiger partial charge in [0.25, 0.3) is 0 Å². The Kier molecular flexibility index (Phi) is 13.5. The molecule has 1 aromatic rings. The highest BCUT2D eigenvalue weighted by atomic mass is 15.2. The maximum Gasteiger partial charge on any atom is 0.122 e. The summed E-state index contributed by atoms with van der Waals surface area (Å²) in [5, 5.41) is 22.5. The molecule has 1 fully saturated rings. The highest BCUT2D eigenvalue weighted by Crippen LogP contribution is 2.18. The number of aryl methyl sites for hydroxylation is 1. The Bertz CT molecular complexity index is 855. The second-order valence-electron chi connectivity index (χ2n) is 6.92. The minimum absolute atomic E-state index is 0.0611. The number of allylic oxidation sites excluding steroid dienone is 4. The quantitative estimate of drug-likeness (QED) is 0.153. The molecule has 31 heavy (non-hydrogen) atoms. The number of amidine groups is 3. The molecular weight excluding hydrogens is 384 g/mol. The molecule has 1 aromatic carbocycles. The van der Waals surface area contributed by atoms with Crippen molar-refractivity contribution >= 4 is 17.5 Å². The van der Waals surface area contributed by atoms with Crippen LogP contribution < -0.4 is 11.5 Å². The zero-order chi connectivity index (χ0) is 23.8. The molecule has 1 saturated heterocycles. The molecule has 6 heteroatoms. The van der Waals surface area contributed by atoms with Crippen molar-refractivity contribution in [1.82, 2.24) is 4.90 Å². The molecule has 1 atom stereocenters. The second kappa shape index (κ2) is 15.2. The molecular formula is C25H36N6. The van der Waals surface area contributed by atoms with Gasteiger partial charge in [0.1, 0.15) is 5.84 Å². The number of benzene rings is 1. The zero-order valence-electron chi connectivity index (χ0n) is 18.9. The summed E-state index contributed by atoms with van der Waals surface area (Å²) in [7, 11) is 0. The van der Waals surface area contributed by atoms with Crippen molar-refractivity contribution in [3.63, 3.8) is 0 Å². The molecule has 0 spiro atoms. The topological polar surface area (TPSA) is 127 Å². The number of likely N-dealkylation sites (tertiary alicyclic amines) is 1. The van der Waals surface area contributed by atoms with Crippen LogP contribution in [0.5, 0.6) is 0 Å². The Morgan fingerprint density at radius 2 is 1.81 bits per heavy atom. The van der Waals surface area contributed by atoms with Gasteiger partial charge in [-0.3, -0.25) is 16.2 Å². The molecule has 6 nitrogen and oxygen atoms in total. The Hall–Kier alpha value is -3.63. The van der Waals surface area contributed by atoms with Crippen LogP contribution in [0.3, 0.4) is 0 Å². The predicted octanol–water partition coefficient (Wildman–Crippen LogP) is 4.88. The van der Waals surface area contributed by atoms with Crippen molar-refractivity contribution in [2.75, 3.05) is 6.54 Å². The summed E-state index contributed by atoms with van der Waals surface area (Å²) >= 11 is 0. The molecule has 0 aromatic heterocycles. The lowest BCUT2D eigenvalue weighted by Gasteiger charge is -2.31. The van der Waals surface area contributed by atoms with Gasteiger partial charge >= 0.3 is 0 Å². The van der Waals surface area contributed by atoms with Crippen LogP contribution in [0, 0.1) is 29.1 Å². The lowest BCUT2D eigenvalue weighted by Crippen LogP contribution is -2.41. The van der Waals surface area contributed by atoms with Crippen molar-refractivity contribution in [3.8, 4) is 0 Å². The Morgan fingerprint density at radius 3 is 2.32 bits per heavy atom. The lowest BCUT2D eigenvalue weighted by molar-refractivity contribution is 0.412. The summed E-state index contributed by atoms with van der Waals surface area (Å²) in [6.07, 6.45) is 11.0. The van der Waals surface area contributed by atoms with Gasteiger partial charge in [-0.1, -0.05) is 35.9 Å². The first-order valence-corrected chi connectivity index (χ1v) is 10.1. The number of nitrogens with two attached hydrogens (primary N) is 2. The van der Waals surface area contributed by atoms with Crippen LogP contribution in [0.4, 0.5) is 0 Å². The number of hydrogen-bond donors (Lipinski definition) is 5. The number of nitrogen functional groups attached to an aromatic ring is 1. The average molecular weight is 421 g/mol. The molecule has 0 aliphatic carbocycles. The summed E-state index contributed by atoms with van der Waals surface area (Å²) in [5.74, 6) is 0.991. The van der Waals surface area contributed by atoms with E-state index in [4.69, 9.17) is 27.7 Å². The van der Waals surface area contributed by atoms with E-state index in [1.54, 1.807) is 0 Å². The van der Waals surface area contributed by atoms with Gasteiger partial charge in [-0.2, -0.15) is 0 Å². The normalized spacial score (nSPS) is 15.6. The van der Waals surface area contributed by atoms with Gasteiger partial charge in [0.15, 0.2) is 0 Å². The summed E-state index contributed by atoms with van der Waals surface area (Å²) in [6, 6.07) is 7.57. The smallest absolute Gasteiger partial charge is 0.122 e. The monoisotopic (exact) mass is 420 g/mol. The highest BCUT2D eigenvalue weighted by molar-refractivity contribution is 5.94. The van der Waals surface area contributed by atoms with Gasteiger partial charge in [-0.05, 0) is 51.0 Å². The van der Waals surface area contributed by atoms with E-state index >= 15 is 0 Å². The molecule has 166 valence electrons. The molecule has 1 aliphatic heterocycles. The average Bonchev–Trinajstić information content (AvgIpc) is 2.75. The minimum Gasteiger partial charge on any atom is -0.387 e. The maximum atomic E-state index is 7.91. The summed E-state index contributed by atoms with van der Waals surface area (Å²) in [6.45, 7) is 12.6. The largest absolute Gasteiger partial charge is 0.387 e. The van der Waals surface area contributed by atoms with Gasteiger partial charge in [-0.15, -0.1) is 18.9 Å². The molecule has 0 radical (unpaired) electrons. The number of nitrogens with zero attached hydrogens (tertiary/aromatic N) is 1. The molecule has 1 aliphatic rings. The van der Waals surface area contributed by atoms with Crippen molar-refractivity contribution in [1.29, 1.82) is 16.2 Å². The predicted molar refractivity (Wildman–Crippen MR) is 134 cm³/mol. The van der Waals surface area contributed by atoms with E-state index in [0.717, 1.165) is 17.6 Å². The van der Waals surface area contributed by atoms with E-state index in [1.807, 2.05) is 80.4 Å². The molecule has 7 N–H and O–H groups in total. The lowest BCUT2D eigenvalue weighted by atomic mass is 9.96. The molecule has 1 heterocycles. The van der Waals surface area contributed by atoms with E-state index < -0.39 is 0 Å². The number of piperidine rings is 1. The standard InChI is InChI=1S/C15H22N4.C8H10N2.C2H4/c1-3-4-5-6-12(2)9-10-19-11-13(15(17)18)7-8-14(19)16;1-6-2-4-7(5-3-6)8(9)10;1-2/h3,5-6,9-10,13,16H,7-8,11H2,1-2H3,(H3,17,18);2-5H,1H3,(H3,9,10);1-2H2/b10-9+,12-6+,16-14?;;. The van der Waals surface area contributed by atoms with Crippen LogP contribution in [0.15, 0.2) is 79.2 Å². The van der Waals surface area contributed by atoms with E-state index in [1.165, 1.54) is 5.56 Å². The highest BCUT2D eigenvalue weighted by Gasteiger charge is 2.23. The van der Waals surface area contributed by atoms with Crippen molar-refractivity contribution in [3.05, 3.63) is 90.4 Å². The minimum atomic E-state index is 0.0611. The molecule has 2 rings (SSSR count). The molecule has 0 saturated carbocycles. The first-order valence-electron chi connectivity index (χ1n) is 10.1. The van der Waals surface area contributed by atoms with Crippen LogP contribution in [0.1, 0.15) is 37.8 Å². The van der Waals surface area contributed by atoms with E-state index in [2.05, 4.69) is 18.9 Å². The SMILES string of the molecule is C=C.CC=C=C/C=C(C)/C=C/N1CC(C(=N)N)CCC1=N.Cc1ccc(C(=N)N)cc1. The van der Waals surface area contributed by atoms with E-state index in [9.17, 15) is 0 Å². The fraction of sp³-hybridized carbons (Fsp3) is 0.280. The van der Waals surface area contributed by atoms with Gasteiger partial charge in [-0.25, -0.2) is 0 Å². The van der Waals surface area contributed by atoms with Crippen LogP contribution in [-0.2, 0) is 0 Å². The Labute approximate surface area is 186 Å². The first-order chi connectivity index (χ1) is 14.7. The van der Waals surface area contributed by atoms with Crippen LogP contribution >= 0.6 is 0 Å². The van der Waals surface area contributed by atoms with Crippen molar-refractivity contribution in [2.24, 2.45) is 17.4 Å². The third kappa shape index (κ3) is 11.2. The third-order valence-corrected chi connectivity index (χ3v) is 4.42. The van der Waals surface area contributed by atoms with Crippen LogP contribution in [0.2, 0.25) is 0 Å². The first kappa shape index (κ1) is 27.4. The maximum absolute atomic E-state index is 7.91. The second-order valence-corrected chi connectivity index (χ2v) is 6.92. The third-order valence-electron chi connectivity index (χ3n) is 4.42. The van der Waals surface area contributed by atoms with Crippen molar-refractivity contribution < 1.29 is 0 Å². The van der Waals surface area contributed by atoms with Gasteiger partial charge in [0.05, 0.1) is 11.7 Å². The van der Waals surface area contributed by atoms with E-state index in [-0.39, 0.29) is 17.6 Å². The number of hydrogen-bond acceptors (Lipinski definition) is 3. The van der Waals surface area contributed by atoms with Crippen LogP contribution in [-0.4, -0.2) is 29.0 Å². The number of nitrogens with one attached hydrogen (secondary N) is 3. The van der Waals surface area contributed by atoms with Crippen molar-refractivity contribution in [2.45, 2.75) is 33.6 Å². The molecule has 0 bridgehead atoms. The summed E-state index contributed by atoms with van der Waals surface area (Å²) in [5.41, 5.74) is 16.8. The van der Waals surface area contributed by atoms with Gasteiger partial charge in [0.2, 0.25) is 0 Å². The molecule has 0 amide bonds. The Morgan fingerprint density at radius 1 is 1.19 bits per heavy atom. The van der Waals surface area contributed by atoms with Crippen LogP contribution in [0.25, 0.3) is 0 Å². The zero-order valence-corrected chi connectivity index (χ0v) is 18.9. The number of rotatable bonds is 5. The fourth-order valence-electron chi connectivity index (χ4n) is 2.57. The van der Waals surface area contributed by atoms with Gasteiger partial charge < -0.3 is 16.4 Å². The van der Waals surface area contributed by atoms with E-state index in [0.29, 0.717) is 18.8 Å².